The number of benzene rings is 3. The molecule has 0 saturated heterocycles. The molecule has 0 spiro atoms. The van der Waals surface area contributed by atoms with Crippen LogP contribution in [-0.2, 0) is 4.79 Å². The normalized spacial score (nSPS) is 10.1. The van der Waals surface area contributed by atoms with Crippen molar-refractivity contribution in [3.8, 4) is 11.5 Å². The number of anilines is 2. The highest BCUT2D eigenvalue weighted by Crippen LogP contribution is 2.28. The molecule has 2 N–H and O–H groups in total. The first-order valence-corrected chi connectivity index (χ1v) is 7.82. The Hall–Kier alpha value is -3.34. The average molecular weight is 336 g/mol. The topological polar surface area (TPSA) is 50.4 Å². The van der Waals surface area contributed by atoms with Gasteiger partial charge in [0.2, 0.25) is 5.91 Å². The van der Waals surface area contributed by atoms with Crippen molar-refractivity contribution < 1.29 is 13.9 Å². The molecule has 3 aromatic rings. The number of amides is 1. The smallest absolute Gasteiger partial charge is 0.243 e. The molecule has 0 heterocycles. The SMILES string of the molecule is O=C(CNc1ccccc1Oc1ccccc1)Nc1ccc(F)cc1. The first-order valence-electron chi connectivity index (χ1n) is 7.82. The number of hydrogen-bond donors (Lipinski definition) is 2. The van der Waals surface area contributed by atoms with Crippen molar-refractivity contribution >= 4 is 17.3 Å². The molecule has 1 amide bonds. The minimum atomic E-state index is -0.344. The largest absolute Gasteiger partial charge is 0.455 e. The molecule has 0 saturated carbocycles. The van der Waals surface area contributed by atoms with Gasteiger partial charge in [-0.15, -0.1) is 0 Å². The highest BCUT2D eigenvalue weighted by atomic mass is 19.1. The highest BCUT2D eigenvalue weighted by Gasteiger charge is 2.07. The fraction of sp³-hybridized carbons (Fsp3) is 0.0500. The molecular formula is C20H17FN2O2. The lowest BCUT2D eigenvalue weighted by molar-refractivity contribution is -0.114. The molecule has 0 aliphatic carbocycles. The van der Waals surface area contributed by atoms with Crippen LogP contribution in [0.2, 0.25) is 0 Å². The molecule has 0 fully saturated rings. The van der Waals surface area contributed by atoms with Crippen LogP contribution >= 0.6 is 0 Å². The number of para-hydroxylation sites is 3. The third-order valence-electron chi connectivity index (χ3n) is 3.43. The monoisotopic (exact) mass is 336 g/mol. The Morgan fingerprint density at radius 3 is 2.32 bits per heavy atom. The van der Waals surface area contributed by atoms with Gasteiger partial charge in [-0.1, -0.05) is 30.3 Å². The Morgan fingerprint density at radius 2 is 1.56 bits per heavy atom. The molecular weight excluding hydrogens is 319 g/mol. The maximum Gasteiger partial charge on any atom is 0.243 e. The fourth-order valence-corrected chi connectivity index (χ4v) is 2.23. The number of ether oxygens (including phenoxy) is 1. The molecule has 0 aliphatic rings. The lowest BCUT2D eigenvalue weighted by Crippen LogP contribution is -2.21. The van der Waals surface area contributed by atoms with E-state index in [1.165, 1.54) is 24.3 Å². The Balaban J connectivity index is 1.61. The second kappa shape index (κ2) is 7.97. The van der Waals surface area contributed by atoms with Crippen molar-refractivity contribution in [2.75, 3.05) is 17.2 Å². The van der Waals surface area contributed by atoms with E-state index in [-0.39, 0.29) is 18.3 Å². The van der Waals surface area contributed by atoms with Crippen LogP contribution in [0.5, 0.6) is 11.5 Å². The molecule has 126 valence electrons. The summed E-state index contributed by atoms with van der Waals surface area (Å²) >= 11 is 0. The number of hydrogen-bond acceptors (Lipinski definition) is 3. The zero-order chi connectivity index (χ0) is 17.5. The minimum Gasteiger partial charge on any atom is -0.455 e. The van der Waals surface area contributed by atoms with Crippen LogP contribution in [0.1, 0.15) is 0 Å². The van der Waals surface area contributed by atoms with E-state index in [4.69, 9.17) is 4.74 Å². The molecule has 5 heteroatoms. The molecule has 0 aromatic heterocycles. The number of rotatable bonds is 6. The fourth-order valence-electron chi connectivity index (χ4n) is 2.23. The van der Waals surface area contributed by atoms with Crippen LogP contribution in [0.25, 0.3) is 0 Å². The summed E-state index contributed by atoms with van der Waals surface area (Å²) in [7, 11) is 0. The highest BCUT2D eigenvalue weighted by molar-refractivity contribution is 5.93. The van der Waals surface area contributed by atoms with E-state index in [9.17, 15) is 9.18 Å². The van der Waals surface area contributed by atoms with Crippen LogP contribution in [0, 0.1) is 5.82 Å². The predicted octanol–water partition coefficient (Wildman–Crippen LogP) is 4.67. The summed E-state index contributed by atoms with van der Waals surface area (Å²) < 4.78 is 18.7. The molecule has 3 aromatic carbocycles. The lowest BCUT2D eigenvalue weighted by atomic mass is 10.2. The summed E-state index contributed by atoms with van der Waals surface area (Å²) in [6.45, 7) is 0.0620. The summed E-state index contributed by atoms with van der Waals surface area (Å²) in [5.41, 5.74) is 1.25. The van der Waals surface area contributed by atoms with E-state index in [2.05, 4.69) is 10.6 Å². The van der Waals surface area contributed by atoms with Crippen LogP contribution in [0.3, 0.4) is 0 Å². The minimum absolute atomic E-state index is 0.0620. The van der Waals surface area contributed by atoms with Gasteiger partial charge in [-0.3, -0.25) is 4.79 Å². The molecule has 25 heavy (non-hydrogen) atoms. The second-order valence-corrected chi connectivity index (χ2v) is 5.32. The maximum absolute atomic E-state index is 12.9. The Kier molecular flexibility index (Phi) is 5.26. The van der Waals surface area contributed by atoms with Crippen molar-refractivity contribution in [3.05, 3.63) is 84.7 Å². The summed E-state index contributed by atoms with van der Waals surface area (Å²) in [5.74, 6) is 0.764. The van der Waals surface area contributed by atoms with E-state index in [1.807, 2.05) is 54.6 Å². The zero-order valence-corrected chi connectivity index (χ0v) is 13.4. The van der Waals surface area contributed by atoms with Gasteiger partial charge < -0.3 is 15.4 Å². The van der Waals surface area contributed by atoms with E-state index >= 15 is 0 Å². The van der Waals surface area contributed by atoms with Gasteiger partial charge in [0.15, 0.2) is 5.75 Å². The molecule has 0 aliphatic heterocycles. The summed E-state index contributed by atoms with van der Waals surface area (Å²) in [6, 6.07) is 22.4. The van der Waals surface area contributed by atoms with Crippen molar-refractivity contribution in [3.63, 3.8) is 0 Å². The second-order valence-electron chi connectivity index (χ2n) is 5.32. The number of nitrogens with one attached hydrogen (secondary N) is 2. The maximum atomic E-state index is 12.9. The Bertz CT molecular complexity index is 836. The van der Waals surface area contributed by atoms with E-state index in [0.29, 0.717) is 22.9 Å². The van der Waals surface area contributed by atoms with E-state index in [1.54, 1.807) is 0 Å². The molecule has 0 radical (unpaired) electrons. The van der Waals surface area contributed by atoms with Gasteiger partial charge in [-0.25, -0.2) is 4.39 Å². The first-order chi connectivity index (χ1) is 12.2. The molecule has 0 unspecified atom stereocenters. The van der Waals surface area contributed by atoms with Gasteiger partial charge in [-0.05, 0) is 48.5 Å². The van der Waals surface area contributed by atoms with Gasteiger partial charge in [0.1, 0.15) is 11.6 Å². The molecule has 3 rings (SSSR count). The van der Waals surface area contributed by atoms with Crippen LogP contribution in [0.4, 0.5) is 15.8 Å². The Labute approximate surface area is 145 Å². The van der Waals surface area contributed by atoms with Gasteiger partial charge >= 0.3 is 0 Å². The summed E-state index contributed by atoms with van der Waals surface area (Å²) in [4.78, 5) is 12.0. The predicted molar refractivity (Wildman–Crippen MR) is 96.5 cm³/mol. The van der Waals surface area contributed by atoms with Crippen molar-refractivity contribution in [1.29, 1.82) is 0 Å². The van der Waals surface area contributed by atoms with Gasteiger partial charge in [0.25, 0.3) is 0 Å². The van der Waals surface area contributed by atoms with Crippen molar-refractivity contribution in [2.24, 2.45) is 0 Å². The van der Waals surface area contributed by atoms with Crippen LogP contribution < -0.4 is 15.4 Å². The average Bonchev–Trinajstić information content (AvgIpc) is 2.64. The zero-order valence-electron chi connectivity index (χ0n) is 13.4. The third-order valence-corrected chi connectivity index (χ3v) is 3.43. The lowest BCUT2D eigenvalue weighted by Gasteiger charge is -2.13. The number of carbonyl (C=O) groups excluding carboxylic acids is 1. The first kappa shape index (κ1) is 16.5. The van der Waals surface area contributed by atoms with Crippen LogP contribution in [-0.4, -0.2) is 12.5 Å². The third kappa shape index (κ3) is 4.81. The summed E-state index contributed by atoms with van der Waals surface area (Å²) in [5, 5.41) is 5.75. The Morgan fingerprint density at radius 1 is 0.880 bits per heavy atom. The van der Waals surface area contributed by atoms with E-state index < -0.39 is 0 Å². The van der Waals surface area contributed by atoms with Crippen molar-refractivity contribution in [1.82, 2.24) is 0 Å². The molecule has 0 atom stereocenters. The van der Waals surface area contributed by atoms with Gasteiger partial charge in [0.05, 0.1) is 12.2 Å². The molecule has 4 nitrogen and oxygen atoms in total. The van der Waals surface area contributed by atoms with Crippen molar-refractivity contribution in [2.45, 2.75) is 0 Å². The standard InChI is InChI=1S/C20H17FN2O2/c21-15-10-12-16(13-11-15)23-20(24)14-22-18-8-4-5-9-19(18)25-17-6-2-1-3-7-17/h1-13,22H,14H2,(H,23,24). The van der Waals surface area contributed by atoms with Crippen LogP contribution in [0.15, 0.2) is 78.9 Å². The quantitative estimate of drug-likeness (QED) is 0.688. The van der Waals surface area contributed by atoms with Gasteiger partial charge in [-0.2, -0.15) is 0 Å². The van der Waals surface area contributed by atoms with E-state index in [0.717, 1.165) is 0 Å². The summed E-state index contributed by atoms with van der Waals surface area (Å²) in [6.07, 6.45) is 0. The number of halogens is 1. The number of carbonyl (C=O) groups is 1. The van der Waals surface area contributed by atoms with Gasteiger partial charge in [0, 0.05) is 5.69 Å². The molecule has 0 bridgehead atoms.